The van der Waals surface area contributed by atoms with E-state index in [1.807, 2.05) is 60.7 Å². The fourth-order valence-electron chi connectivity index (χ4n) is 7.73. The van der Waals surface area contributed by atoms with Crippen molar-refractivity contribution in [1.29, 1.82) is 5.26 Å². The molecule has 7 aromatic rings. The van der Waals surface area contributed by atoms with E-state index in [1.54, 1.807) is 0 Å². The van der Waals surface area contributed by atoms with E-state index in [0.717, 1.165) is 57.7 Å². The Kier molecular flexibility index (Phi) is 10.7. The third-order valence-corrected chi connectivity index (χ3v) is 10.8. The van der Waals surface area contributed by atoms with Crippen LogP contribution in [0.3, 0.4) is 0 Å². The Hall–Kier alpha value is -7.22. The highest BCUT2D eigenvalue weighted by atomic mass is 16.5. The van der Waals surface area contributed by atoms with Gasteiger partial charge in [-0.05, 0) is 114 Å². The molecule has 0 amide bonds. The summed E-state index contributed by atoms with van der Waals surface area (Å²) in [6.45, 7) is 12.2. The van der Waals surface area contributed by atoms with Crippen molar-refractivity contribution < 1.29 is 9.15 Å². The Morgan fingerprint density at radius 2 is 1.30 bits per heavy atom. The van der Waals surface area contributed by atoms with Gasteiger partial charge in [0.25, 0.3) is 5.70 Å². The third-order valence-electron chi connectivity index (χ3n) is 10.8. The molecule has 0 radical (unpaired) electrons. The van der Waals surface area contributed by atoms with Crippen molar-refractivity contribution in [3.05, 3.63) is 197 Å². The van der Waals surface area contributed by atoms with E-state index < -0.39 is 0 Å². The van der Waals surface area contributed by atoms with Crippen LogP contribution >= 0.6 is 0 Å². The molecule has 2 heterocycles. The zero-order valence-electron chi connectivity index (χ0n) is 31.9. The molecular weight excluding hydrogens is 703 g/mol. The van der Waals surface area contributed by atoms with E-state index in [9.17, 15) is 5.26 Å². The van der Waals surface area contributed by atoms with Gasteiger partial charge in [-0.3, -0.25) is 0 Å². The summed E-state index contributed by atoms with van der Waals surface area (Å²) in [5, 5.41) is 18.3. The quantitative estimate of drug-likeness (QED) is 0.0969. The largest absolute Gasteiger partial charge is 0.485 e. The standard InChI is InChI=1S/C50H41N5O2/c1-4-35(37-19-21-40(22-20-37)50-54-53-49(57-50)39-13-7-5-8-14-39)31-34(2)36-23-27-42(28-24-36)55(41-15-9-6-10-16-41)43-29-25-38(26-30-43)48-32-45(46(33-51)52-3)44-17-11-12-18-47(44)56-48/h5-30,34-35,48H,4,31-32H2,1-2H3/b46-45+. The minimum atomic E-state index is -0.316. The maximum atomic E-state index is 9.71. The molecule has 278 valence electrons. The number of rotatable bonds is 11. The summed E-state index contributed by atoms with van der Waals surface area (Å²) in [6.07, 6.45) is 2.19. The average Bonchev–Trinajstić information content (AvgIpc) is 3.78. The van der Waals surface area contributed by atoms with Crippen LogP contribution in [-0.4, -0.2) is 10.2 Å². The summed E-state index contributed by atoms with van der Waals surface area (Å²) in [7, 11) is 0. The summed E-state index contributed by atoms with van der Waals surface area (Å²) in [6, 6.07) is 55.8. The molecule has 57 heavy (non-hydrogen) atoms. The van der Waals surface area contributed by atoms with Crippen LogP contribution in [0.5, 0.6) is 5.75 Å². The van der Waals surface area contributed by atoms with Gasteiger partial charge in [-0.15, -0.1) is 10.2 Å². The van der Waals surface area contributed by atoms with Gasteiger partial charge < -0.3 is 14.1 Å². The Morgan fingerprint density at radius 1 is 0.737 bits per heavy atom. The predicted molar refractivity (Wildman–Crippen MR) is 226 cm³/mol. The first-order valence-corrected chi connectivity index (χ1v) is 19.3. The van der Waals surface area contributed by atoms with E-state index in [4.69, 9.17) is 15.7 Å². The maximum absolute atomic E-state index is 9.71. The van der Waals surface area contributed by atoms with Gasteiger partial charge in [0.15, 0.2) is 0 Å². The summed E-state index contributed by atoms with van der Waals surface area (Å²) in [5.41, 5.74) is 10.2. The lowest BCUT2D eigenvalue weighted by atomic mass is 9.84. The zero-order chi connectivity index (χ0) is 39.1. The molecule has 0 fully saturated rings. The number of hydrogen-bond acceptors (Lipinski definition) is 6. The van der Waals surface area contributed by atoms with Crippen molar-refractivity contribution in [2.24, 2.45) is 0 Å². The van der Waals surface area contributed by atoms with E-state index in [0.29, 0.717) is 35.8 Å². The van der Waals surface area contributed by atoms with Gasteiger partial charge in [0.05, 0.1) is 12.6 Å². The van der Waals surface area contributed by atoms with Gasteiger partial charge >= 0.3 is 0 Å². The van der Waals surface area contributed by atoms with Crippen molar-refractivity contribution >= 4 is 22.6 Å². The second-order valence-corrected chi connectivity index (χ2v) is 14.4. The molecule has 1 aliphatic heterocycles. The van der Waals surface area contributed by atoms with Crippen LogP contribution in [0.4, 0.5) is 17.1 Å². The molecule has 1 aromatic heterocycles. The molecular formula is C50H41N5O2. The number of anilines is 3. The summed E-state index contributed by atoms with van der Waals surface area (Å²) in [4.78, 5) is 5.79. The molecule has 0 N–H and O–H groups in total. The third kappa shape index (κ3) is 7.83. The predicted octanol–water partition coefficient (Wildman–Crippen LogP) is 13.2. The fourth-order valence-corrected chi connectivity index (χ4v) is 7.73. The van der Waals surface area contributed by atoms with Gasteiger partial charge in [0.2, 0.25) is 11.8 Å². The number of nitrogens with zero attached hydrogens (tertiary/aromatic N) is 5. The van der Waals surface area contributed by atoms with E-state index in [-0.39, 0.29) is 11.8 Å². The van der Waals surface area contributed by atoms with Crippen LogP contribution in [0.1, 0.15) is 73.3 Å². The van der Waals surface area contributed by atoms with Gasteiger partial charge in [-0.1, -0.05) is 105 Å². The first-order valence-electron chi connectivity index (χ1n) is 19.3. The summed E-state index contributed by atoms with van der Waals surface area (Å²) >= 11 is 0. The van der Waals surface area contributed by atoms with Gasteiger partial charge in [-0.25, -0.2) is 10.1 Å². The molecule has 0 saturated heterocycles. The fraction of sp³-hybridized carbons (Fsp3) is 0.160. The average molecular weight is 744 g/mol. The summed E-state index contributed by atoms with van der Waals surface area (Å²) < 4.78 is 12.4. The Labute approximate surface area is 334 Å². The second-order valence-electron chi connectivity index (χ2n) is 14.4. The van der Waals surface area contributed by atoms with Crippen molar-refractivity contribution in [2.45, 2.75) is 51.0 Å². The van der Waals surface area contributed by atoms with Crippen molar-refractivity contribution in [3.8, 4) is 34.7 Å². The number of hydrogen-bond donors (Lipinski definition) is 0. The lowest BCUT2D eigenvalue weighted by Gasteiger charge is -2.30. The number of aromatic nitrogens is 2. The van der Waals surface area contributed by atoms with Gasteiger partial charge in [0, 0.05) is 40.2 Å². The molecule has 3 atom stereocenters. The highest BCUT2D eigenvalue weighted by molar-refractivity contribution is 5.79. The van der Waals surface area contributed by atoms with Crippen LogP contribution in [0.15, 0.2) is 168 Å². The van der Waals surface area contributed by atoms with E-state index >= 15 is 0 Å². The van der Waals surface area contributed by atoms with Gasteiger partial charge in [-0.2, -0.15) is 0 Å². The smallest absolute Gasteiger partial charge is 0.265 e. The molecule has 8 rings (SSSR count). The Morgan fingerprint density at radius 3 is 1.93 bits per heavy atom. The molecule has 1 aliphatic rings. The number of para-hydroxylation sites is 2. The first kappa shape index (κ1) is 36.7. The monoisotopic (exact) mass is 743 g/mol. The highest BCUT2D eigenvalue weighted by Crippen LogP contribution is 2.44. The lowest BCUT2D eigenvalue weighted by Crippen LogP contribution is -2.16. The molecule has 3 unspecified atom stereocenters. The van der Waals surface area contributed by atoms with Crippen LogP contribution in [0.2, 0.25) is 0 Å². The molecule has 7 nitrogen and oxygen atoms in total. The number of fused-ring (bicyclic) bond motifs is 1. The first-order chi connectivity index (χ1) is 28.0. The van der Waals surface area contributed by atoms with Crippen LogP contribution in [0, 0.1) is 17.9 Å². The number of benzene rings is 6. The molecule has 0 saturated carbocycles. The van der Waals surface area contributed by atoms with Crippen molar-refractivity contribution in [1.82, 2.24) is 10.2 Å². The lowest BCUT2D eigenvalue weighted by molar-refractivity contribution is 0.202. The second kappa shape index (κ2) is 16.7. The topological polar surface area (TPSA) is 79.5 Å². The van der Waals surface area contributed by atoms with Crippen molar-refractivity contribution in [3.63, 3.8) is 0 Å². The molecule has 6 aromatic carbocycles. The van der Waals surface area contributed by atoms with E-state index in [1.165, 1.54) is 11.1 Å². The normalized spacial score (nSPS) is 15.3. The number of ether oxygens (including phenoxy) is 1. The highest BCUT2D eigenvalue weighted by Gasteiger charge is 2.28. The SMILES string of the molecule is [C-]#[N+]/C(C#N)=C1\CC(c2ccc(N(c3ccccc3)c3ccc(C(C)CC(CC)c4ccc(-c5nnc(-c6ccccc6)o5)cc4)cc3)cc2)Oc2ccccc21. The van der Waals surface area contributed by atoms with Crippen molar-refractivity contribution in [2.75, 3.05) is 4.90 Å². The maximum Gasteiger partial charge on any atom is 0.265 e. The van der Waals surface area contributed by atoms with E-state index in [2.05, 4.69) is 137 Å². The van der Waals surface area contributed by atoms with Crippen LogP contribution in [-0.2, 0) is 0 Å². The zero-order valence-corrected chi connectivity index (χ0v) is 31.9. The summed E-state index contributed by atoms with van der Waals surface area (Å²) in [5.74, 6) is 2.47. The van der Waals surface area contributed by atoms with Gasteiger partial charge in [0.1, 0.15) is 11.9 Å². The van der Waals surface area contributed by atoms with Crippen LogP contribution < -0.4 is 9.64 Å². The minimum Gasteiger partial charge on any atom is -0.485 e. The Balaban J connectivity index is 0.986. The molecule has 7 heteroatoms. The molecule has 0 bridgehead atoms. The van der Waals surface area contributed by atoms with Crippen LogP contribution in [0.25, 0.3) is 33.3 Å². The molecule has 0 aliphatic carbocycles. The minimum absolute atomic E-state index is 0.110. The molecule has 0 spiro atoms. The number of nitriles is 1. The number of allylic oxidation sites excluding steroid dienone is 1. The Bertz CT molecular complexity index is 2550.